The quantitative estimate of drug-likeness (QED) is 0.370. The molecule has 1 aliphatic carbocycles. The summed E-state index contributed by atoms with van der Waals surface area (Å²) in [5, 5.41) is 10.8. The molecule has 1 N–H and O–H groups in total. The van der Waals surface area contributed by atoms with Gasteiger partial charge >= 0.3 is 0 Å². The van der Waals surface area contributed by atoms with Crippen LogP contribution in [0.5, 0.6) is 5.88 Å². The number of hydrogen-bond acceptors (Lipinski definition) is 6. The summed E-state index contributed by atoms with van der Waals surface area (Å²) in [6.07, 6.45) is 7.00. The van der Waals surface area contributed by atoms with Crippen molar-refractivity contribution < 1.29 is 13.5 Å². The Labute approximate surface area is 216 Å². The van der Waals surface area contributed by atoms with E-state index in [4.69, 9.17) is 0 Å². The van der Waals surface area contributed by atoms with Gasteiger partial charge in [-0.3, -0.25) is 14.3 Å². The third-order valence-electron chi connectivity index (χ3n) is 7.06. The van der Waals surface area contributed by atoms with Gasteiger partial charge in [0.05, 0.1) is 10.9 Å². The average Bonchev–Trinajstić information content (AvgIpc) is 3.31. The molecule has 0 spiro atoms. The van der Waals surface area contributed by atoms with Crippen LogP contribution in [0.4, 0.5) is 0 Å². The van der Waals surface area contributed by atoms with E-state index < -0.39 is 26.2 Å². The molecule has 1 aliphatic rings. The maximum atomic E-state index is 13.9. The van der Waals surface area contributed by atoms with E-state index in [1.165, 1.54) is 16.7 Å². The van der Waals surface area contributed by atoms with Crippen LogP contribution < -0.4 is 5.56 Å². The number of unbranched alkanes of at least 4 members (excludes halogenated alkanes) is 1. The molecule has 7 nitrogen and oxygen atoms in total. The van der Waals surface area contributed by atoms with Crippen molar-refractivity contribution in [2.45, 2.75) is 61.8 Å². The molecule has 0 bridgehead atoms. The molecule has 0 radical (unpaired) electrons. The van der Waals surface area contributed by atoms with Crippen LogP contribution in [-0.4, -0.2) is 28.1 Å². The summed E-state index contributed by atoms with van der Waals surface area (Å²) in [5.74, 6) is -0.332. The first-order valence-electron chi connectivity index (χ1n) is 12.5. The zero-order valence-corrected chi connectivity index (χ0v) is 21.7. The molecule has 37 heavy (non-hydrogen) atoms. The maximum absolute atomic E-state index is 13.9. The van der Waals surface area contributed by atoms with Crippen LogP contribution in [0.2, 0.25) is 0 Å². The fourth-order valence-corrected chi connectivity index (χ4v) is 6.49. The lowest BCUT2D eigenvalue weighted by Crippen LogP contribution is -2.33. The largest absolute Gasteiger partial charge is 0.492 e. The molecule has 0 fully saturated rings. The Morgan fingerprint density at radius 2 is 1.84 bits per heavy atom. The Morgan fingerprint density at radius 1 is 1.08 bits per heavy atom. The number of sulfone groups is 1. The third-order valence-corrected chi connectivity index (χ3v) is 8.85. The van der Waals surface area contributed by atoms with Crippen LogP contribution in [-0.2, 0) is 22.7 Å². The van der Waals surface area contributed by atoms with Crippen molar-refractivity contribution in [2.24, 2.45) is 0 Å². The summed E-state index contributed by atoms with van der Waals surface area (Å²) in [4.78, 5) is 21.5. The molecular weight excluding hydrogens is 486 g/mol. The Bertz CT molecular complexity index is 1630. The molecule has 2 aromatic carbocycles. The van der Waals surface area contributed by atoms with E-state index in [-0.39, 0.29) is 10.9 Å². The molecule has 0 saturated carbocycles. The molecular formula is C29H29N3O4S. The Morgan fingerprint density at radius 3 is 2.57 bits per heavy atom. The van der Waals surface area contributed by atoms with Gasteiger partial charge < -0.3 is 5.11 Å². The molecule has 0 aliphatic heterocycles. The fourth-order valence-electron chi connectivity index (χ4n) is 5.15. The minimum atomic E-state index is -4.33. The summed E-state index contributed by atoms with van der Waals surface area (Å²) in [7, 11) is -4.33. The summed E-state index contributed by atoms with van der Waals surface area (Å²) < 4.78 is 28.9. The number of fused-ring (bicyclic) bond motifs is 1. The van der Waals surface area contributed by atoms with Crippen LogP contribution >= 0.6 is 0 Å². The van der Waals surface area contributed by atoms with Crippen LogP contribution in [0, 0.1) is 6.92 Å². The van der Waals surface area contributed by atoms with Gasteiger partial charge in [0.2, 0.25) is 15.7 Å². The van der Waals surface area contributed by atoms with Gasteiger partial charge in [0, 0.05) is 18.8 Å². The lowest BCUT2D eigenvalue weighted by atomic mass is 10.0. The predicted octanol–water partition coefficient (Wildman–Crippen LogP) is 5.03. The van der Waals surface area contributed by atoms with Crippen molar-refractivity contribution in [1.82, 2.24) is 14.5 Å². The number of rotatable bonds is 7. The molecule has 0 unspecified atom stereocenters. The topological polar surface area (TPSA) is 102 Å². The van der Waals surface area contributed by atoms with E-state index in [2.05, 4.69) is 9.97 Å². The van der Waals surface area contributed by atoms with Crippen molar-refractivity contribution in [3.8, 4) is 17.0 Å². The first kappa shape index (κ1) is 24.9. The molecule has 2 heterocycles. The van der Waals surface area contributed by atoms with Gasteiger partial charge in [0.1, 0.15) is 5.82 Å². The van der Waals surface area contributed by atoms with Crippen LogP contribution in [0.15, 0.2) is 81.6 Å². The lowest BCUT2D eigenvalue weighted by Gasteiger charge is -2.21. The van der Waals surface area contributed by atoms with E-state index in [0.29, 0.717) is 18.7 Å². The lowest BCUT2D eigenvalue weighted by molar-refractivity contribution is 0.408. The van der Waals surface area contributed by atoms with Crippen LogP contribution in [0.3, 0.4) is 0 Å². The third kappa shape index (κ3) is 4.46. The summed E-state index contributed by atoms with van der Waals surface area (Å²) in [6.45, 7) is 3.96. The second kappa shape index (κ2) is 9.94. The summed E-state index contributed by atoms with van der Waals surface area (Å²) in [6, 6.07) is 15.7. The highest BCUT2D eigenvalue weighted by molar-refractivity contribution is 7.91. The number of aryl methyl sites for hydroxylation is 3. The highest BCUT2D eigenvalue weighted by Crippen LogP contribution is 2.36. The summed E-state index contributed by atoms with van der Waals surface area (Å²) >= 11 is 0. The average molecular weight is 516 g/mol. The van der Waals surface area contributed by atoms with Gasteiger partial charge in [-0.15, -0.1) is 0 Å². The Balaban J connectivity index is 1.63. The Hall–Kier alpha value is -3.78. The molecule has 0 saturated heterocycles. The van der Waals surface area contributed by atoms with Gasteiger partial charge in [-0.05, 0) is 72.2 Å². The molecule has 8 heteroatoms. The monoisotopic (exact) mass is 515 g/mol. The zero-order chi connectivity index (χ0) is 26.2. The van der Waals surface area contributed by atoms with Crippen molar-refractivity contribution in [2.75, 3.05) is 0 Å². The maximum Gasteiger partial charge on any atom is 0.277 e. The number of benzene rings is 2. The van der Waals surface area contributed by atoms with E-state index in [0.717, 1.165) is 47.1 Å². The first-order valence-corrected chi connectivity index (χ1v) is 14.0. The highest BCUT2D eigenvalue weighted by Gasteiger charge is 2.33. The zero-order valence-electron chi connectivity index (χ0n) is 20.9. The first-order chi connectivity index (χ1) is 17.8. The Kier molecular flexibility index (Phi) is 6.69. The van der Waals surface area contributed by atoms with Gasteiger partial charge in [-0.2, -0.15) is 4.98 Å². The molecule has 4 aromatic rings. The minimum Gasteiger partial charge on any atom is -0.492 e. The van der Waals surface area contributed by atoms with Crippen LogP contribution in [0.1, 0.15) is 54.7 Å². The fraction of sp³-hybridized carbons (Fsp3) is 0.276. The highest BCUT2D eigenvalue weighted by atomic mass is 32.2. The SMILES string of the molecule is CCCCc1nc(O)c(S(=O)(=O)c2ccc(-c3ccncc3C)cc2)c(=O)n1[C@H]1CCc2ccccc21. The number of aromatic hydroxyl groups is 1. The molecule has 2 aromatic heterocycles. The standard InChI is InChI=1S/C29H29N3O4S/c1-3-4-9-26-31-28(33)27(29(34)32(26)25-15-12-20-7-5-6-8-24(20)25)37(35,36)22-13-10-21(11-14-22)23-16-17-30-18-19(23)2/h5-8,10-11,13-14,16-18,25,33H,3-4,9,12,15H2,1-2H3/t25-/m0/s1. The smallest absolute Gasteiger partial charge is 0.277 e. The van der Waals surface area contributed by atoms with Crippen LogP contribution in [0.25, 0.3) is 11.1 Å². The van der Waals surface area contributed by atoms with Crippen molar-refractivity contribution >= 4 is 9.84 Å². The van der Waals surface area contributed by atoms with Gasteiger partial charge in [-0.25, -0.2) is 8.42 Å². The van der Waals surface area contributed by atoms with Crippen molar-refractivity contribution in [3.63, 3.8) is 0 Å². The van der Waals surface area contributed by atoms with E-state index >= 15 is 0 Å². The van der Waals surface area contributed by atoms with E-state index in [9.17, 15) is 18.3 Å². The minimum absolute atomic E-state index is 0.0724. The van der Waals surface area contributed by atoms with Gasteiger partial charge in [0.25, 0.3) is 5.56 Å². The molecule has 1 atom stereocenters. The molecule has 0 amide bonds. The number of nitrogens with zero attached hydrogens (tertiary/aromatic N) is 3. The number of pyridine rings is 1. The van der Waals surface area contributed by atoms with Crippen molar-refractivity contribution in [1.29, 1.82) is 0 Å². The second-order valence-corrected chi connectivity index (χ2v) is 11.3. The van der Waals surface area contributed by atoms with E-state index in [1.54, 1.807) is 24.5 Å². The second-order valence-electron chi connectivity index (χ2n) is 9.43. The van der Waals surface area contributed by atoms with Gasteiger partial charge in [-0.1, -0.05) is 49.7 Å². The molecule has 190 valence electrons. The predicted molar refractivity (Wildman–Crippen MR) is 142 cm³/mol. The van der Waals surface area contributed by atoms with Gasteiger partial charge in [0.15, 0.2) is 4.90 Å². The number of hydrogen-bond donors (Lipinski definition) is 1. The number of aromatic nitrogens is 3. The molecule has 5 rings (SSSR count). The van der Waals surface area contributed by atoms with Crippen molar-refractivity contribution in [3.05, 3.63) is 99.9 Å². The summed E-state index contributed by atoms with van der Waals surface area (Å²) in [5.41, 5.74) is 4.13. The van der Waals surface area contributed by atoms with E-state index in [1.807, 2.05) is 44.2 Å². The normalized spacial score (nSPS) is 15.0.